The SMILES string of the molecule is CCCCP(=O)(C(=O)c1c(C)cc(OC)cc1CCC)C(=O)c1c(C)cc(OC)cc1CCC. The molecule has 34 heavy (non-hydrogen) atoms. The number of rotatable bonds is 13. The minimum atomic E-state index is -3.92. The molecule has 0 saturated heterocycles. The highest BCUT2D eigenvalue weighted by molar-refractivity contribution is 7.95. The molecule has 0 fully saturated rings. The lowest BCUT2D eigenvalue weighted by atomic mass is 9.98. The van der Waals surface area contributed by atoms with E-state index in [4.69, 9.17) is 9.47 Å². The van der Waals surface area contributed by atoms with E-state index in [1.165, 1.54) is 0 Å². The number of hydrogen-bond donors (Lipinski definition) is 0. The monoisotopic (exact) mass is 486 g/mol. The maximum Gasteiger partial charge on any atom is 0.229 e. The summed E-state index contributed by atoms with van der Waals surface area (Å²) in [5, 5.41) is 0. The molecule has 0 amide bonds. The van der Waals surface area contributed by atoms with E-state index >= 15 is 0 Å². The summed E-state index contributed by atoms with van der Waals surface area (Å²) in [4.78, 5) is 28.1. The van der Waals surface area contributed by atoms with Crippen LogP contribution in [0.5, 0.6) is 11.5 Å². The molecule has 2 rings (SSSR count). The minimum Gasteiger partial charge on any atom is -0.497 e. The van der Waals surface area contributed by atoms with Crippen molar-refractivity contribution >= 4 is 18.2 Å². The summed E-state index contributed by atoms with van der Waals surface area (Å²) >= 11 is 0. The van der Waals surface area contributed by atoms with Crippen LogP contribution in [0.1, 0.15) is 89.4 Å². The quantitative estimate of drug-likeness (QED) is 0.277. The van der Waals surface area contributed by atoms with E-state index in [0.29, 0.717) is 53.0 Å². The van der Waals surface area contributed by atoms with Gasteiger partial charge in [-0.25, -0.2) is 0 Å². The summed E-state index contributed by atoms with van der Waals surface area (Å²) in [6.07, 6.45) is 4.29. The molecule has 2 aromatic rings. The molecule has 0 N–H and O–H groups in total. The van der Waals surface area contributed by atoms with Gasteiger partial charge in [0.2, 0.25) is 18.2 Å². The summed E-state index contributed by atoms with van der Waals surface area (Å²) in [7, 11) is -0.750. The summed E-state index contributed by atoms with van der Waals surface area (Å²) in [5.74, 6) is 1.31. The number of carbonyl (C=O) groups is 2. The fourth-order valence-electron chi connectivity index (χ4n) is 4.47. The molecule has 0 aliphatic carbocycles. The first-order valence-electron chi connectivity index (χ1n) is 12.2. The normalized spacial score (nSPS) is 11.4. The molecule has 0 saturated carbocycles. The fraction of sp³-hybridized carbons (Fsp3) is 0.500. The molecule has 0 unspecified atom stereocenters. The first kappa shape index (κ1) is 27.9. The van der Waals surface area contributed by atoms with Crippen LogP contribution in [0.25, 0.3) is 0 Å². The maximum absolute atomic E-state index is 14.5. The van der Waals surface area contributed by atoms with Crippen molar-refractivity contribution < 1.29 is 23.6 Å². The van der Waals surface area contributed by atoms with Crippen molar-refractivity contribution in [2.45, 2.75) is 73.1 Å². The van der Waals surface area contributed by atoms with E-state index < -0.39 is 18.2 Å². The molecule has 0 aliphatic rings. The maximum atomic E-state index is 14.5. The van der Waals surface area contributed by atoms with E-state index in [9.17, 15) is 14.2 Å². The summed E-state index contributed by atoms with van der Waals surface area (Å²) in [6.45, 7) is 9.68. The van der Waals surface area contributed by atoms with Gasteiger partial charge in [0.25, 0.3) is 0 Å². The zero-order valence-electron chi connectivity index (χ0n) is 21.7. The van der Waals surface area contributed by atoms with Crippen LogP contribution in [0.2, 0.25) is 0 Å². The Morgan fingerprint density at radius 2 is 1.15 bits per heavy atom. The van der Waals surface area contributed by atoms with Gasteiger partial charge in [0.15, 0.2) is 0 Å². The molecule has 0 heterocycles. The lowest BCUT2D eigenvalue weighted by molar-refractivity contribution is 0.103. The third kappa shape index (κ3) is 5.81. The lowest BCUT2D eigenvalue weighted by Crippen LogP contribution is -2.18. The van der Waals surface area contributed by atoms with Crippen molar-refractivity contribution in [3.63, 3.8) is 0 Å². The number of methoxy groups -OCH3 is 2. The Labute approximate surface area is 204 Å². The number of benzene rings is 2. The highest BCUT2D eigenvalue weighted by Gasteiger charge is 2.43. The number of carbonyl (C=O) groups excluding carboxylic acids is 2. The predicted molar refractivity (Wildman–Crippen MR) is 139 cm³/mol. The zero-order chi connectivity index (χ0) is 25.5. The van der Waals surface area contributed by atoms with Crippen LogP contribution in [0.15, 0.2) is 24.3 Å². The molecule has 186 valence electrons. The van der Waals surface area contributed by atoms with Gasteiger partial charge in [0.1, 0.15) is 11.5 Å². The standard InChI is InChI=1S/C28H39O5P/c1-8-11-14-34(31,27(29)25-19(4)15-23(32-6)17-21(25)12-9-2)28(30)26-20(5)16-24(33-7)18-22(26)13-10-3/h15-18H,8-14H2,1-7H3. The fourth-order valence-corrected chi connectivity index (χ4v) is 7.18. The van der Waals surface area contributed by atoms with E-state index in [1.807, 2.05) is 46.8 Å². The van der Waals surface area contributed by atoms with Gasteiger partial charge in [-0.05, 0) is 79.6 Å². The largest absolute Gasteiger partial charge is 0.497 e. The molecule has 2 aromatic carbocycles. The Morgan fingerprint density at radius 3 is 1.47 bits per heavy atom. The van der Waals surface area contributed by atoms with Crippen LogP contribution in [-0.2, 0) is 17.4 Å². The minimum absolute atomic E-state index is 0.0786. The van der Waals surface area contributed by atoms with Crippen LogP contribution in [0.4, 0.5) is 0 Å². The molecule has 5 nitrogen and oxygen atoms in total. The number of aryl methyl sites for hydroxylation is 4. The first-order chi connectivity index (χ1) is 16.2. The Balaban J connectivity index is 2.74. The average molecular weight is 487 g/mol. The number of hydrogen-bond acceptors (Lipinski definition) is 5. The highest BCUT2D eigenvalue weighted by Crippen LogP contribution is 2.54. The second-order valence-electron chi connectivity index (χ2n) is 8.88. The third-order valence-electron chi connectivity index (χ3n) is 6.20. The van der Waals surface area contributed by atoms with E-state index in [-0.39, 0.29) is 6.16 Å². The lowest BCUT2D eigenvalue weighted by Gasteiger charge is -2.22. The van der Waals surface area contributed by atoms with Crippen molar-refractivity contribution in [1.82, 2.24) is 0 Å². The molecular weight excluding hydrogens is 447 g/mol. The van der Waals surface area contributed by atoms with Crippen molar-refractivity contribution in [1.29, 1.82) is 0 Å². The highest BCUT2D eigenvalue weighted by atomic mass is 31.2. The van der Waals surface area contributed by atoms with Gasteiger partial charge >= 0.3 is 0 Å². The van der Waals surface area contributed by atoms with Crippen molar-refractivity contribution in [3.05, 3.63) is 57.6 Å². The molecular formula is C28H39O5P. The smallest absolute Gasteiger partial charge is 0.229 e. The van der Waals surface area contributed by atoms with Gasteiger partial charge < -0.3 is 14.0 Å². The topological polar surface area (TPSA) is 69.7 Å². The van der Waals surface area contributed by atoms with Crippen LogP contribution in [0.3, 0.4) is 0 Å². The molecule has 0 bridgehead atoms. The van der Waals surface area contributed by atoms with Crippen molar-refractivity contribution in [2.75, 3.05) is 20.4 Å². The van der Waals surface area contributed by atoms with E-state index in [2.05, 4.69) is 0 Å². The average Bonchev–Trinajstić information content (AvgIpc) is 2.81. The van der Waals surface area contributed by atoms with Gasteiger partial charge in [-0.15, -0.1) is 0 Å². The Kier molecular flexibility index (Phi) is 10.1. The van der Waals surface area contributed by atoms with E-state index in [1.54, 1.807) is 26.4 Å². The predicted octanol–water partition coefficient (Wildman–Crippen LogP) is 7.37. The summed E-state index contributed by atoms with van der Waals surface area (Å²) < 4.78 is 25.3. The molecule has 0 radical (unpaired) electrons. The van der Waals surface area contributed by atoms with Gasteiger partial charge in [0.05, 0.1) is 14.2 Å². The number of unbranched alkanes of at least 4 members (excludes halogenated alkanes) is 1. The van der Waals surface area contributed by atoms with Crippen LogP contribution >= 0.6 is 7.14 Å². The van der Waals surface area contributed by atoms with Crippen LogP contribution in [-0.4, -0.2) is 31.4 Å². The molecule has 0 atom stereocenters. The second-order valence-corrected chi connectivity index (χ2v) is 11.6. The Bertz CT molecular complexity index is 1010. The second kappa shape index (κ2) is 12.4. The van der Waals surface area contributed by atoms with Gasteiger partial charge in [-0.3, -0.25) is 9.59 Å². The van der Waals surface area contributed by atoms with Gasteiger partial charge in [-0.1, -0.05) is 40.0 Å². The Hall–Kier alpha value is -2.39. The zero-order valence-corrected chi connectivity index (χ0v) is 22.6. The van der Waals surface area contributed by atoms with Gasteiger partial charge in [0, 0.05) is 17.3 Å². The molecule has 6 heteroatoms. The Morgan fingerprint density at radius 1 is 0.735 bits per heavy atom. The molecule has 0 spiro atoms. The van der Waals surface area contributed by atoms with Crippen LogP contribution in [0, 0.1) is 13.8 Å². The van der Waals surface area contributed by atoms with Gasteiger partial charge in [-0.2, -0.15) is 0 Å². The number of ether oxygens (including phenoxy) is 2. The molecule has 0 aromatic heterocycles. The van der Waals surface area contributed by atoms with E-state index in [0.717, 1.165) is 30.4 Å². The van der Waals surface area contributed by atoms with Crippen molar-refractivity contribution in [3.8, 4) is 11.5 Å². The molecule has 0 aliphatic heterocycles. The van der Waals surface area contributed by atoms with Crippen molar-refractivity contribution in [2.24, 2.45) is 0 Å². The first-order valence-corrected chi connectivity index (χ1v) is 14.1. The summed E-state index contributed by atoms with van der Waals surface area (Å²) in [5.41, 5.74) is 2.75. The summed E-state index contributed by atoms with van der Waals surface area (Å²) in [6, 6.07) is 7.23. The third-order valence-corrected chi connectivity index (χ3v) is 8.91. The van der Waals surface area contributed by atoms with Crippen LogP contribution < -0.4 is 9.47 Å².